The lowest BCUT2D eigenvalue weighted by atomic mass is 9.96. The first-order chi connectivity index (χ1) is 11.1. The number of nitriles is 1. The minimum atomic E-state index is -0.434. The highest BCUT2D eigenvalue weighted by molar-refractivity contribution is 5.66. The van der Waals surface area contributed by atoms with Crippen molar-refractivity contribution in [2.45, 2.75) is 25.7 Å². The van der Waals surface area contributed by atoms with Crippen LogP contribution in [0.3, 0.4) is 0 Å². The van der Waals surface area contributed by atoms with E-state index in [0.717, 1.165) is 31.0 Å². The van der Waals surface area contributed by atoms with Crippen LogP contribution in [0.5, 0.6) is 0 Å². The Labute approximate surface area is 132 Å². The fraction of sp³-hybridized carbons (Fsp3) is 0.400. The number of aromatic amines is 1. The molecule has 1 N–H and O–H groups in total. The topological polar surface area (TPSA) is 112 Å². The Kier molecular flexibility index (Phi) is 3.93. The molecule has 0 saturated carbocycles. The lowest BCUT2D eigenvalue weighted by Crippen LogP contribution is -2.35. The summed E-state index contributed by atoms with van der Waals surface area (Å²) in [5.41, 5.74) is 0.806. The van der Waals surface area contributed by atoms with Crippen LogP contribution >= 0.6 is 0 Å². The van der Waals surface area contributed by atoms with Gasteiger partial charge in [0.1, 0.15) is 11.5 Å². The zero-order chi connectivity index (χ0) is 16.4. The predicted molar refractivity (Wildman–Crippen MR) is 83.1 cm³/mol. The number of hydrogen-bond donors (Lipinski definition) is 1. The van der Waals surface area contributed by atoms with E-state index in [-0.39, 0.29) is 11.6 Å². The van der Waals surface area contributed by atoms with Gasteiger partial charge in [0, 0.05) is 25.1 Å². The Morgan fingerprint density at radius 3 is 3.00 bits per heavy atom. The van der Waals surface area contributed by atoms with E-state index in [0.29, 0.717) is 17.8 Å². The average molecular weight is 312 g/mol. The highest BCUT2D eigenvalue weighted by Gasteiger charge is 2.28. The number of benzene rings is 1. The fourth-order valence-electron chi connectivity index (χ4n) is 2.96. The molecule has 1 atom stereocenters. The molecule has 8 nitrogen and oxygen atoms in total. The number of nitro benzene ring substituents is 1. The molecule has 118 valence electrons. The number of aromatic nitrogens is 3. The van der Waals surface area contributed by atoms with Crippen LogP contribution in [0.1, 0.15) is 36.0 Å². The summed E-state index contributed by atoms with van der Waals surface area (Å²) in [6, 6.07) is 6.54. The third-order valence-corrected chi connectivity index (χ3v) is 4.04. The Balaban J connectivity index is 1.89. The number of anilines is 1. The number of nitrogens with one attached hydrogen (secondary N) is 1. The average Bonchev–Trinajstić information content (AvgIpc) is 3.01. The monoisotopic (exact) mass is 312 g/mol. The minimum absolute atomic E-state index is 0.0316. The van der Waals surface area contributed by atoms with Crippen LogP contribution < -0.4 is 4.90 Å². The molecule has 1 aromatic carbocycles. The molecule has 0 radical (unpaired) electrons. The smallest absolute Gasteiger partial charge is 0.293 e. The molecule has 0 spiro atoms. The summed E-state index contributed by atoms with van der Waals surface area (Å²) in [4.78, 5) is 17.3. The van der Waals surface area contributed by atoms with Gasteiger partial charge < -0.3 is 4.90 Å². The van der Waals surface area contributed by atoms with Gasteiger partial charge in [-0.2, -0.15) is 10.4 Å². The summed E-state index contributed by atoms with van der Waals surface area (Å²) in [7, 11) is 0. The number of nitrogens with zero attached hydrogens (tertiary/aromatic N) is 5. The number of piperidine rings is 1. The summed E-state index contributed by atoms with van der Waals surface area (Å²) < 4.78 is 0. The molecule has 2 heterocycles. The van der Waals surface area contributed by atoms with Gasteiger partial charge in [-0.1, -0.05) is 0 Å². The molecule has 23 heavy (non-hydrogen) atoms. The third kappa shape index (κ3) is 2.99. The zero-order valence-corrected chi connectivity index (χ0v) is 12.7. The molecule has 1 saturated heterocycles. The quantitative estimate of drug-likeness (QED) is 0.687. The molecule has 3 rings (SSSR count). The third-order valence-electron chi connectivity index (χ3n) is 4.04. The van der Waals surface area contributed by atoms with Crippen molar-refractivity contribution in [1.82, 2.24) is 15.2 Å². The van der Waals surface area contributed by atoms with E-state index >= 15 is 0 Å². The predicted octanol–water partition coefficient (Wildman–Crippen LogP) is 2.28. The zero-order valence-electron chi connectivity index (χ0n) is 12.7. The van der Waals surface area contributed by atoms with Crippen molar-refractivity contribution in [3.63, 3.8) is 0 Å². The lowest BCUT2D eigenvalue weighted by Gasteiger charge is -2.32. The molecule has 0 bridgehead atoms. The van der Waals surface area contributed by atoms with Gasteiger partial charge in [-0.15, -0.1) is 0 Å². The second-order valence-electron chi connectivity index (χ2n) is 5.64. The standard InChI is InChI=1S/C15H16N6O2/c1-10-17-15(19-18-10)12-3-2-6-20(9-12)13-5-4-11(8-16)7-14(13)21(22)23/h4-5,7,12H,2-3,6,9H2,1H3,(H,17,18,19). The maximum absolute atomic E-state index is 11.3. The molecule has 1 fully saturated rings. The van der Waals surface area contributed by atoms with E-state index < -0.39 is 4.92 Å². The first-order valence-corrected chi connectivity index (χ1v) is 7.41. The van der Waals surface area contributed by atoms with E-state index in [4.69, 9.17) is 5.26 Å². The van der Waals surface area contributed by atoms with E-state index in [2.05, 4.69) is 15.2 Å². The van der Waals surface area contributed by atoms with E-state index in [1.165, 1.54) is 6.07 Å². The first kappa shape index (κ1) is 15.0. The highest BCUT2D eigenvalue weighted by Crippen LogP contribution is 2.34. The van der Waals surface area contributed by atoms with Crippen molar-refractivity contribution in [3.8, 4) is 6.07 Å². The number of aryl methyl sites for hydroxylation is 1. The van der Waals surface area contributed by atoms with E-state index in [1.807, 2.05) is 17.9 Å². The van der Waals surface area contributed by atoms with Gasteiger partial charge in [0.2, 0.25) is 0 Å². The molecule has 1 unspecified atom stereocenters. The molecule has 0 aliphatic carbocycles. The minimum Gasteiger partial charge on any atom is -0.365 e. The summed E-state index contributed by atoms with van der Waals surface area (Å²) >= 11 is 0. The molecule has 1 aliphatic heterocycles. The number of H-pyrrole nitrogens is 1. The lowest BCUT2D eigenvalue weighted by molar-refractivity contribution is -0.384. The summed E-state index contributed by atoms with van der Waals surface area (Å²) in [6.45, 7) is 3.22. The van der Waals surface area contributed by atoms with Crippen LogP contribution in [0, 0.1) is 28.4 Å². The van der Waals surface area contributed by atoms with Gasteiger partial charge in [0.05, 0.1) is 16.6 Å². The number of nitro groups is 1. The van der Waals surface area contributed by atoms with Crippen molar-refractivity contribution >= 4 is 11.4 Å². The Hall–Kier alpha value is -2.95. The molecule has 1 aromatic heterocycles. The van der Waals surface area contributed by atoms with Crippen LogP contribution in [0.2, 0.25) is 0 Å². The molecular weight excluding hydrogens is 296 g/mol. The van der Waals surface area contributed by atoms with Crippen molar-refractivity contribution in [2.24, 2.45) is 0 Å². The van der Waals surface area contributed by atoms with Crippen LogP contribution in [-0.4, -0.2) is 33.2 Å². The van der Waals surface area contributed by atoms with Crippen LogP contribution in [0.25, 0.3) is 0 Å². The summed E-state index contributed by atoms with van der Waals surface area (Å²) in [6.07, 6.45) is 1.87. The van der Waals surface area contributed by atoms with Crippen LogP contribution in [0.4, 0.5) is 11.4 Å². The molecular formula is C15H16N6O2. The molecule has 0 amide bonds. The molecule has 8 heteroatoms. The normalized spacial score (nSPS) is 17.7. The maximum Gasteiger partial charge on any atom is 0.293 e. The van der Waals surface area contributed by atoms with E-state index in [1.54, 1.807) is 12.1 Å². The van der Waals surface area contributed by atoms with Gasteiger partial charge in [-0.25, -0.2) is 4.98 Å². The Morgan fingerprint density at radius 1 is 1.52 bits per heavy atom. The number of rotatable bonds is 3. The Morgan fingerprint density at radius 2 is 2.35 bits per heavy atom. The second-order valence-corrected chi connectivity index (χ2v) is 5.64. The maximum atomic E-state index is 11.3. The van der Waals surface area contributed by atoms with Crippen molar-refractivity contribution < 1.29 is 4.92 Å². The van der Waals surface area contributed by atoms with E-state index in [9.17, 15) is 10.1 Å². The molecule has 2 aromatic rings. The number of hydrogen-bond acceptors (Lipinski definition) is 6. The second kappa shape index (κ2) is 6.04. The Bertz CT molecular complexity index is 779. The highest BCUT2D eigenvalue weighted by atomic mass is 16.6. The first-order valence-electron chi connectivity index (χ1n) is 7.41. The fourth-order valence-corrected chi connectivity index (χ4v) is 2.96. The SMILES string of the molecule is Cc1nc(C2CCCN(c3ccc(C#N)cc3[N+](=O)[O-])C2)n[nH]1. The summed E-state index contributed by atoms with van der Waals surface area (Å²) in [5, 5.41) is 27.3. The van der Waals surface area contributed by atoms with Gasteiger partial charge in [-0.3, -0.25) is 15.2 Å². The van der Waals surface area contributed by atoms with Gasteiger partial charge >= 0.3 is 0 Å². The van der Waals surface area contributed by atoms with Crippen molar-refractivity contribution in [1.29, 1.82) is 5.26 Å². The van der Waals surface area contributed by atoms with Gasteiger partial charge in [-0.05, 0) is 31.9 Å². The van der Waals surface area contributed by atoms with Gasteiger partial charge in [0.25, 0.3) is 5.69 Å². The van der Waals surface area contributed by atoms with Gasteiger partial charge in [0.15, 0.2) is 5.82 Å². The molecule has 1 aliphatic rings. The van der Waals surface area contributed by atoms with Crippen LogP contribution in [-0.2, 0) is 0 Å². The van der Waals surface area contributed by atoms with Crippen molar-refractivity contribution in [2.75, 3.05) is 18.0 Å². The summed E-state index contributed by atoms with van der Waals surface area (Å²) in [5.74, 6) is 1.66. The largest absolute Gasteiger partial charge is 0.365 e. The van der Waals surface area contributed by atoms with Crippen LogP contribution in [0.15, 0.2) is 18.2 Å². The van der Waals surface area contributed by atoms with Crippen molar-refractivity contribution in [3.05, 3.63) is 45.5 Å².